The first-order valence-electron chi connectivity index (χ1n) is 9.68. The Bertz CT molecular complexity index is 855. The number of carbonyl (C=O) groups is 2. The highest BCUT2D eigenvalue weighted by molar-refractivity contribution is 5.83. The van der Waals surface area contributed by atoms with Crippen LogP contribution in [0.25, 0.3) is 0 Å². The lowest BCUT2D eigenvalue weighted by molar-refractivity contribution is -0.121. The first kappa shape index (κ1) is 22.7. The molecule has 0 unspecified atom stereocenters. The highest BCUT2D eigenvalue weighted by Gasteiger charge is 2.18. The number of methoxy groups -OCH3 is 1. The van der Waals surface area contributed by atoms with Crippen LogP contribution in [-0.4, -0.2) is 38.5 Å². The summed E-state index contributed by atoms with van der Waals surface area (Å²) in [5.74, 6) is 0.863. The summed E-state index contributed by atoms with van der Waals surface area (Å²) in [6.07, 6.45) is 0.938. The summed E-state index contributed by atoms with van der Waals surface area (Å²) < 4.78 is 15.7. The van der Waals surface area contributed by atoms with Crippen LogP contribution >= 0.6 is 0 Å². The maximum absolute atomic E-state index is 12.4. The van der Waals surface area contributed by atoms with Crippen molar-refractivity contribution in [2.45, 2.75) is 26.3 Å². The van der Waals surface area contributed by atoms with E-state index >= 15 is 0 Å². The van der Waals surface area contributed by atoms with Crippen molar-refractivity contribution >= 4 is 18.2 Å². The summed E-state index contributed by atoms with van der Waals surface area (Å²) in [6, 6.07) is 14.0. The number of nitrogens with zero attached hydrogens (tertiary/aromatic N) is 1. The van der Waals surface area contributed by atoms with Crippen LogP contribution in [0.2, 0.25) is 0 Å². The van der Waals surface area contributed by atoms with Crippen molar-refractivity contribution in [2.75, 3.05) is 20.3 Å². The van der Waals surface area contributed by atoms with E-state index in [0.717, 1.165) is 11.1 Å². The molecule has 2 aromatic carbocycles. The maximum Gasteiger partial charge on any atom is 0.407 e. The van der Waals surface area contributed by atoms with E-state index in [4.69, 9.17) is 14.2 Å². The van der Waals surface area contributed by atoms with Gasteiger partial charge in [-0.3, -0.25) is 4.79 Å². The van der Waals surface area contributed by atoms with Crippen molar-refractivity contribution in [1.82, 2.24) is 10.7 Å². The molecule has 0 heterocycles. The minimum absolute atomic E-state index is 0.00692. The predicted octanol–water partition coefficient (Wildman–Crippen LogP) is 3.42. The first-order valence-corrected chi connectivity index (χ1v) is 9.68. The molecule has 0 aliphatic rings. The Labute approximate surface area is 176 Å². The molecule has 2 N–H and O–H groups in total. The Morgan fingerprint density at radius 3 is 2.50 bits per heavy atom. The molecule has 2 amide bonds. The van der Waals surface area contributed by atoms with Crippen LogP contribution in [-0.2, 0) is 9.53 Å². The fourth-order valence-corrected chi connectivity index (χ4v) is 2.70. The lowest BCUT2D eigenvalue weighted by Crippen LogP contribution is -2.33. The van der Waals surface area contributed by atoms with Gasteiger partial charge in [0, 0.05) is 0 Å². The van der Waals surface area contributed by atoms with Crippen LogP contribution < -0.4 is 20.2 Å². The average molecular weight is 413 g/mol. The van der Waals surface area contributed by atoms with E-state index in [0.29, 0.717) is 18.1 Å². The third-order valence-electron chi connectivity index (χ3n) is 4.05. The lowest BCUT2D eigenvalue weighted by atomic mass is 10.0. The Hall–Kier alpha value is -3.55. The smallest absolute Gasteiger partial charge is 0.407 e. The van der Waals surface area contributed by atoms with Crippen molar-refractivity contribution in [3.05, 3.63) is 59.7 Å². The molecule has 2 aromatic rings. The largest absolute Gasteiger partial charge is 0.493 e. The van der Waals surface area contributed by atoms with E-state index in [1.807, 2.05) is 37.3 Å². The van der Waals surface area contributed by atoms with Crippen molar-refractivity contribution in [2.24, 2.45) is 5.10 Å². The van der Waals surface area contributed by atoms with Crippen molar-refractivity contribution < 1.29 is 23.8 Å². The zero-order valence-corrected chi connectivity index (χ0v) is 17.4. The molecule has 0 spiro atoms. The van der Waals surface area contributed by atoms with Crippen LogP contribution in [0.5, 0.6) is 11.5 Å². The number of hydrogen-bond donors (Lipinski definition) is 2. The standard InChI is InChI=1S/C22H27N3O5/c1-4-29-20-13-16(11-12-19(20)28-3)15-23-25-21(26)14-18(24-22(27)30-5-2)17-9-7-6-8-10-17/h6-13,15,18H,4-5,14H2,1-3H3,(H,24,27)(H,25,26)/b23-15-/t18-/m0/s1. The third-order valence-corrected chi connectivity index (χ3v) is 4.05. The van der Waals surface area contributed by atoms with Crippen molar-refractivity contribution in [3.63, 3.8) is 0 Å². The van der Waals surface area contributed by atoms with E-state index in [1.165, 1.54) is 6.21 Å². The molecule has 0 saturated carbocycles. The van der Waals surface area contributed by atoms with E-state index < -0.39 is 12.1 Å². The van der Waals surface area contributed by atoms with Gasteiger partial charge in [-0.15, -0.1) is 0 Å². The summed E-state index contributed by atoms with van der Waals surface area (Å²) in [6.45, 7) is 4.35. The zero-order chi connectivity index (χ0) is 21.8. The zero-order valence-electron chi connectivity index (χ0n) is 17.4. The van der Waals surface area contributed by atoms with Crippen LogP contribution in [0, 0.1) is 0 Å². The Balaban J connectivity index is 2.01. The molecule has 0 aromatic heterocycles. The van der Waals surface area contributed by atoms with Crippen LogP contribution in [0.15, 0.2) is 53.6 Å². The van der Waals surface area contributed by atoms with Gasteiger partial charge in [0.15, 0.2) is 11.5 Å². The maximum atomic E-state index is 12.4. The molecule has 8 heteroatoms. The number of hydrazone groups is 1. The number of alkyl carbamates (subject to hydrolysis) is 1. The second-order valence-corrected chi connectivity index (χ2v) is 6.17. The summed E-state index contributed by atoms with van der Waals surface area (Å²) in [5.41, 5.74) is 4.02. The van der Waals surface area contributed by atoms with Gasteiger partial charge in [-0.05, 0) is 43.2 Å². The van der Waals surface area contributed by atoms with Gasteiger partial charge in [-0.2, -0.15) is 5.10 Å². The van der Waals surface area contributed by atoms with E-state index in [1.54, 1.807) is 32.2 Å². The summed E-state index contributed by atoms with van der Waals surface area (Å²) >= 11 is 0. The number of benzene rings is 2. The molecule has 0 aliphatic heterocycles. The number of nitrogens with one attached hydrogen (secondary N) is 2. The molecule has 1 atom stereocenters. The van der Waals surface area contributed by atoms with Gasteiger partial charge in [0.1, 0.15) is 0 Å². The molecule has 8 nitrogen and oxygen atoms in total. The first-order chi connectivity index (χ1) is 14.6. The number of amides is 2. The van der Waals surface area contributed by atoms with E-state index in [9.17, 15) is 9.59 Å². The van der Waals surface area contributed by atoms with E-state index in [-0.39, 0.29) is 18.9 Å². The fourth-order valence-electron chi connectivity index (χ4n) is 2.70. The number of hydrogen-bond acceptors (Lipinski definition) is 6. The monoisotopic (exact) mass is 413 g/mol. The average Bonchev–Trinajstić information content (AvgIpc) is 2.74. The van der Waals surface area contributed by atoms with Gasteiger partial charge < -0.3 is 19.5 Å². The van der Waals surface area contributed by atoms with E-state index in [2.05, 4.69) is 15.8 Å². The second kappa shape index (κ2) is 12.1. The summed E-state index contributed by atoms with van der Waals surface area (Å²) in [7, 11) is 1.57. The Kier molecular flexibility index (Phi) is 9.18. The molecule has 30 heavy (non-hydrogen) atoms. The number of carbonyl (C=O) groups excluding carboxylic acids is 2. The SMILES string of the molecule is CCOC(=O)N[C@@H](CC(=O)N/N=C\c1ccc(OC)c(OCC)c1)c1ccccc1. The highest BCUT2D eigenvalue weighted by Crippen LogP contribution is 2.27. The minimum atomic E-state index is -0.579. The van der Waals surface area contributed by atoms with Crippen LogP contribution in [0.3, 0.4) is 0 Å². The second-order valence-electron chi connectivity index (χ2n) is 6.17. The highest BCUT2D eigenvalue weighted by atomic mass is 16.5. The third kappa shape index (κ3) is 7.12. The molecule has 2 rings (SSSR count). The van der Waals surface area contributed by atoms with Gasteiger partial charge in [0.05, 0.1) is 39.0 Å². The normalized spacial score (nSPS) is 11.6. The molecule has 0 bridgehead atoms. The molecular formula is C22H27N3O5. The Morgan fingerprint density at radius 2 is 1.83 bits per heavy atom. The van der Waals surface area contributed by atoms with Gasteiger partial charge in [0.25, 0.3) is 0 Å². The molecule has 0 aliphatic carbocycles. The quantitative estimate of drug-likeness (QED) is 0.459. The minimum Gasteiger partial charge on any atom is -0.493 e. The summed E-state index contributed by atoms with van der Waals surface area (Å²) in [4.78, 5) is 24.2. The molecule has 0 fully saturated rings. The van der Waals surface area contributed by atoms with Crippen molar-refractivity contribution in [1.29, 1.82) is 0 Å². The molecule has 160 valence electrons. The lowest BCUT2D eigenvalue weighted by Gasteiger charge is -2.18. The van der Waals surface area contributed by atoms with Crippen LogP contribution in [0.1, 0.15) is 37.4 Å². The Morgan fingerprint density at radius 1 is 1.07 bits per heavy atom. The summed E-state index contributed by atoms with van der Waals surface area (Å²) in [5, 5.41) is 6.70. The number of ether oxygens (including phenoxy) is 3. The van der Waals surface area contributed by atoms with Gasteiger partial charge >= 0.3 is 6.09 Å². The molecule has 0 radical (unpaired) electrons. The van der Waals surface area contributed by atoms with Gasteiger partial charge in [-0.25, -0.2) is 10.2 Å². The molecule has 0 saturated heterocycles. The van der Waals surface area contributed by atoms with Gasteiger partial charge in [0.2, 0.25) is 5.91 Å². The number of rotatable bonds is 10. The van der Waals surface area contributed by atoms with Crippen molar-refractivity contribution in [3.8, 4) is 11.5 Å². The topological polar surface area (TPSA) is 98.2 Å². The van der Waals surface area contributed by atoms with Crippen LogP contribution in [0.4, 0.5) is 4.79 Å². The van der Waals surface area contributed by atoms with Gasteiger partial charge in [-0.1, -0.05) is 30.3 Å². The predicted molar refractivity (Wildman–Crippen MR) is 114 cm³/mol. The fraction of sp³-hybridized carbons (Fsp3) is 0.318. The molecular weight excluding hydrogens is 386 g/mol.